The number of alkyl halides is 1. The van der Waals surface area contributed by atoms with Gasteiger partial charge in [-0.15, -0.1) is 0 Å². The van der Waals surface area contributed by atoms with Crippen LogP contribution in [0.3, 0.4) is 0 Å². The van der Waals surface area contributed by atoms with Crippen molar-refractivity contribution in [3.05, 3.63) is 23.8 Å². The van der Waals surface area contributed by atoms with E-state index in [1.54, 1.807) is 39.0 Å². The van der Waals surface area contributed by atoms with Gasteiger partial charge in [0.15, 0.2) is 11.5 Å². The number of fused-ring (bicyclic) bond motifs is 5. The third-order valence-corrected chi connectivity index (χ3v) is 9.82. The molecule has 36 heavy (non-hydrogen) atoms. The summed E-state index contributed by atoms with van der Waals surface area (Å²) in [4.78, 5) is 35.7. The number of nitrogens with one attached hydrogen (secondary N) is 1. The fraction of sp³-hybridized carbons (Fsp3) is 0.704. The molecule has 0 aromatic rings. The molecule has 4 aliphatic rings. The van der Waals surface area contributed by atoms with Gasteiger partial charge in [0.2, 0.25) is 5.91 Å². The van der Waals surface area contributed by atoms with Gasteiger partial charge in [-0.05, 0) is 63.5 Å². The van der Waals surface area contributed by atoms with E-state index in [1.807, 2.05) is 0 Å². The number of Topliss-reactive ketones (excluding diaryl/α,β-unsaturated/α-hetero) is 2. The smallest absolute Gasteiger partial charge is 0.240 e. The van der Waals surface area contributed by atoms with E-state index >= 15 is 4.39 Å². The van der Waals surface area contributed by atoms with Gasteiger partial charge in [-0.25, -0.2) is 9.82 Å². The molecular formula is C27H37FN2O6. The predicted molar refractivity (Wildman–Crippen MR) is 130 cm³/mol. The van der Waals surface area contributed by atoms with Crippen molar-refractivity contribution >= 4 is 23.2 Å². The molecule has 1 amide bonds. The first kappa shape index (κ1) is 26.8. The van der Waals surface area contributed by atoms with Crippen LogP contribution in [0.2, 0.25) is 0 Å². The maximum absolute atomic E-state index is 17.3. The molecule has 0 aromatic carbocycles. The second-order valence-electron chi connectivity index (χ2n) is 11.6. The van der Waals surface area contributed by atoms with E-state index in [2.05, 4.69) is 10.5 Å². The number of aliphatic hydroxyl groups is 3. The third-order valence-electron chi connectivity index (χ3n) is 9.82. The van der Waals surface area contributed by atoms with Crippen molar-refractivity contribution in [2.24, 2.45) is 33.7 Å². The van der Waals surface area contributed by atoms with Crippen LogP contribution in [-0.4, -0.2) is 62.5 Å². The normalized spacial score (nSPS) is 44.3. The maximum atomic E-state index is 17.3. The Kier molecular flexibility index (Phi) is 6.67. The standard InChI is InChI=1S/C27H37FN2O6/c1-15-11-20-19-7-6-17-12-18(29-30-23(35)8-5-16(2)32)9-10-24(17,3)26(19,28)21(33)13-25(20,4)27(15,36)22(34)14-31/h9-10,12,15,19-21,31,33,36H,5-8,11,13-14H2,1-4H3,(H,30,35)/b29-18+/t15-,19+,20+,21+,24+,25+,26+,27+/m1/s1. The van der Waals surface area contributed by atoms with Gasteiger partial charge in [0.25, 0.3) is 0 Å². The van der Waals surface area contributed by atoms with Gasteiger partial charge in [0.1, 0.15) is 18.0 Å². The summed E-state index contributed by atoms with van der Waals surface area (Å²) < 4.78 is 17.3. The Morgan fingerprint density at radius 1 is 1.22 bits per heavy atom. The highest BCUT2D eigenvalue weighted by Gasteiger charge is 2.75. The van der Waals surface area contributed by atoms with Gasteiger partial charge in [0.05, 0.1) is 11.8 Å². The second-order valence-corrected chi connectivity index (χ2v) is 11.6. The van der Waals surface area contributed by atoms with Crippen LogP contribution < -0.4 is 5.43 Å². The number of halogens is 1. The Morgan fingerprint density at radius 2 is 1.92 bits per heavy atom. The molecule has 0 spiro atoms. The number of hydrogen-bond acceptors (Lipinski definition) is 7. The van der Waals surface area contributed by atoms with Crippen molar-refractivity contribution in [2.75, 3.05) is 6.61 Å². The summed E-state index contributed by atoms with van der Waals surface area (Å²) in [6.45, 7) is 5.89. The first-order valence-corrected chi connectivity index (χ1v) is 12.8. The lowest BCUT2D eigenvalue weighted by molar-refractivity contribution is -0.219. The van der Waals surface area contributed by atoms with Crippen LogP contribution in [0.25, 0.3) is 0 Å². The van der Waals surface area contributed by atoms with Crippen LogP contribution in [0.1, 0.15) is 66.2 Å². The lowest BCUT2D eigenvalue weighted by Crippen LogP contribution is -2.69. The molecule has 9 heteroatoms. The van der Waals surface area contributed by atoms with Crippen molar-refractivity contribution in [1.29, 1.82) is 0 Å². The minimum Gasteiger partial charge on any atom is -0.390 e. The highest BCUT2D eigenvalue weighted by Crippen LogP contribution is 2.70. The number of hydrazone groups is 1. The van der Waals surface area contributed by atoms with E-state index in [0.717, 1.165) is 5.57 Å². The van der Waals surface area contributed by atoms with E-state index in [0.29, 0.717) is 25.0 Å². The van der Waals surface area contributed by atoms with Crippen molar-refractivity contribution in [3.63, 3.8) is 0 Å². The molecule has 8 nitrogen and oxygen atoms in total. The number of ketones is 2. The molecule has 0 unspecified atom stereocenters. The topological polar surface area (TPSA) is 136 Å². The Balaban J connectivity index is 1.63. The van der Waals surface area contributed by atoms with Crippen LogP contribution in [-0.2, 0) is 14.4 Å². The molecule has 0 radical (unpaired) electrons. The molecule has 0 aliphatic heterocycles. The molecule has 0 saturated heterocycles. The molecule has 0 aromatic heterocycles. The molecule has 3 saturated carbocycles. The van der Waals surface area contributed by atoms with E-state index in [9.17, 15) is 29.7 Å². The predicted octanol–water partition coefficient (Wildman–Crippen LogP) is 2.17. The van der Waals surface area contributed by atoms with E-state index in [4.69, 9.17) is 0 Å². The first-order chi connectivity index (χ1) is 16.8. The van der Waals surface area contributed by atoms with Gasteiger partial charge in [-0.3, -0.25) is 9.59 Å². The van der Waals surface area contributed by atoms with Gasteiger partial charge < -0.3 is 20.1 Å². The average molecular weight is 505 g/mol. The zero-order chi connectivity index (χ0) is 26.7. The summed E-state index contributed by atoms with van der Waals surface area (Å²) in [6.07, 6.45) is 5.10. The third kappa shape index (κ3) is 3.57. The zero-order valence-electron chi connectivity index (χ0n) is 21.4. The quantitative estimate of drug-likeness (QED) is 0.409. The molecular weight excluding hydrogens is 467 g/mol. The summed E-state index contributed by atoms with van der Waals surface area (Å²) in [5.74, 6) is -2.56. The van der Waals surface area contributed by atoms with Crippen molar-refractivity contribution in [2.45, 2.75) is 83.6 Å². The van der Waals surface area contributed by atoms with Gasteiger partial charge >= 0.3 is 0 Å². The van der Waals surface area contributed by atoms with E-state index in [-0.39, 0.29) is 36.9 Å². The first-order valence-electron chi connectivity index (χ1n) is 12.8. The van der Waals surface area contributed by atoms with Crippen LogP contribution >= 0.6 is 0 Å². The number of hydrogen-bond donors (Lipinski definition) is 4. The van der Waals surface area contributed by atoms with Crippen molar-refractivity contribution in [3.8, 4) is 0 Å². The Morgan fingerprint density at radius 3 is 2.56 bits per heavy atom. The van der Waals surface area contributed by atoms with E-state index in [1.165, 1.54) is 6.92 Å². The Hall–Kier alpha value is -2.23. The number of carbonyl (C=O) groups excluding carboxylic acids is 3. The van der Waals surface area contributed by atoms with Gasteiger partial charge in [-0.2, -0.15) is 5.10 Å². The number of nitrogens with zero attached hydrogens (tertiary/aromatic N) is 1. The summed E-state index contributed by atoms with van der Waals surface area (Å²) >= 11 is 0. The molecule has 4 aliphatic carbocycles. The molecule has 198 valence electrons. The second kappa shape index (κ2) is 8.96. The molecule has 4 N–H and O–H groups in total. The van der Waals surface area contributed by atoms with Crippen LogP contribution in [0, 0.1) is 28.6 Å². The fourth-order valence-corrected chi connectivity index (χ4v) is 7.81. The molecule has 4 rings (SSSR count). The van der Waals surface area contributed by atoms with Gasteiger partial charge in [0, 0.05) is 29.6 Å². The molecule has 0 heterocycles. The van der Waals surface area contributed by atoms with Crippen molar-refractivity contribution < 1.29 is 34.1 Å². The summed E-state index contributed by atoms with van der Waals surface area (Å²) in [5, 5.41) is 36.6. The van der Waals surface area contributed by atoms with Gasteiger partial charge in [-0.1, -0.05) is 25.5 Å². The summed E-state index contributed by atoms with van der Waals surface area (Å²) in [5.41, 5.74) is -2.39. The van der Waals surface area contributed by atoms with Crippen LogP contribution in [0.5, 0.6) is 0 Å². The van der Waals surface area contributed by atoms with Crippen LogP contribution in [0.15, 0.2) is 28.9 Å². The molecule has 8 atom stereocenters. The highest BCUT2D eigenvalue weighted by molar-refractivity contribution is 6.06. The fourth-order valence-electron chi connectivity index (χ4n) is 7.81. The largest absolute Gasteiger partial charge is 0.390 e. The minimum absolute atomic E-state index is 0.0370. The maximum Gasteiger partial charge on any atom is 0.240 e. The summed E-state index contributed by atoms with van der Waals surface area (Å²) in [7, 11) is 0. The van der Waals surface area contributed by atoms with Crippen molar-refractivity contribution in [1.82, 2.24) is 5.43 Å². The number of allylic oxidation sites excluding steroid dienone is 4. The highest BCUT2D eigenvalue weighted by atomic mass is 19.1. The monoisotopic (exact) mass is 504 g/mol. The van der Waals surface area contributed by atoms with E-state index < -0.39 is 52.4 Å². The number of aliphatic hydroxyl groups excluding tert-OH is 2. The minimum atomic E-state index is -2.03. The average Bonchev–Trinajstić information content (AvgIpc) is 3.03. The molecule has 0 bridgehead atoms. The zero-order valence-corrected chi connectivity index (χ0v) is 21.4. The lowest BCUT2D eigenvalue weighted by atomic mass is 9.44. The summed E-state index contributed by atoms with van der Waals surface area (Å²) in [6, 6.07) is 0. The Bertz CT molecular complexity index is 1070. The Labute approximate surface area is 210 Å². The SMILES string of the molecule is CC(=O)CCC(=O)N/N=C1\C=C[C@@]2(C)C(=C1)CC[C@H]1[C@@H]3C[C@@H](C)[C@](O)(C(=O)CO)[C@@]3(C)C[C@H](O)[C@@]12F. The number of amides is 1. The van der Waals surface area contributed by atoms with Crippen LogP contribution in [0.4, 0.5) is 4.39 Å². The molecule has 3 fully saturated rings. The number of carbonyl (C=O) groups is 3. The lowest BCUT2D eigenvalue weighted by Gasteiger charge is -2.62. The number of rotatable bonds is 6.